The van der Waals surface area contributed by atoms with Crippen LogP contribution in [0.3, 0.4) is 0 Å². The van der Waals surface area contributed by atoms with E-state index in [1.54, 1.807) is 23.5 Å². The van der Waals surface area contributed by atoms with Crippen LogP contribution in [0, 0.1) is 5.82 Å². The largest absolute Gasteiger partial charge is 0.335 e. The Labute approximate surface area is 115 Å². The lowest BCUT2D eigenvalue weighted by molar-refractivity contribution is -0.138. The maximum Gasteiger partial charge on any atom is 0.227 e. The average Bonchev–Trinajstić information content (AvgIpc) is 2.83. The summed E-state index contributed by atoms with van der Waals surface area (Å²) in [6.07, 6.45) is 1.42. The summed E-state index contributed by atoms with van der Waals surface area (Å²) in [4.78, 5) is 14.1. The Morgan fingerprint density at radius 2 is 2.11 bits per heavy atom. The van der Waals surface area contributed by atoms with Gasteiger partial charge in [-0.1, -0.05) is 12.1 Å². The van der Waals surface area contributed by atoms with Gasteiger partial charge in [-0.25, -0.2) is 4.39 Å². The second kappa shape index (κ2) is 5.13. The number of rotatable bonds is 3. The Balaban J connectivity index is 1.69. The molecule has 0 aliphatic carbocycles. The van der Waals surface area contributed by atoms with E-state index in [1.807, 2.05) is 21.7 Å². The van der Waals surface area contributed by atoms with Gasteiger partial charge in [0, 0.05) is 6.54 Å². The molecule has 1 aromatic heterocycles. The molecule has 1 fully saturated rings. The fourth-order valence-electron chi connectivity index (χ4n) is 2.39. The summed E-state index contributed by atoms with van der Waals surface area (Å²) in [7, 11) is 0. The van der Waals surface area contributed by atoms with E-state index in [0.717, 1.165) is 24.1 Å². The molecule has 3 rings (SSSR count). The first kappa shape index (κ1) is 12.4. The highest BCUT2D eigenvalue weighted by atomic mass is 32.1. The molecule has 1 atom stereocenters. The predicted molar refractivity (Wildman–Crippen MR) is 73.5 cm³/mol. The van der Waals surface area contributed by atoms with Gasteiger partial charge in [-0.15, -0.1) is 0 Å². The molecule has 2 heterocycles. The van der Waals surface area contributed by atoms with Crippen molar-refractivity contribution in [3.8, 4) is 0 Å². The van der Waals surface area contributed by atoms with Gasteiger partial charge in [-0.05, 0) is 46.5 Å². The van der Waals surface area contributed by atoms with Gasteiger partial charge >= 0.3 is 0 Å². The molecule has 0 spiro atoms. The Morgan fingerprint density at radius 3 is 2.68 bits per heavy atom. The standard InChI is InChI=1S/C15H14FNOS/c16-13-3-1-12(2-4-13)14-5-7-17(14)15(18)9-11-6-8-19-10-11/h1-4,6,8,10,14H,5,7,9H2/t14-/m1/s1. The summed E-state index contributed by atoms with van der Waals surface area (Å²) in [6, 6.07) is 8.54. The zero-order valence-electron chi connectivity index (χ0n) is 10.4. The number of hydrogen-bond acceptors (Lipinski definition) is 2. The van der Waals surface area contributed by atoms with E-state index in [1.165, 1.54) is 12.1 Å². The summed E-state index contributed by atoms with van der Waals surface area (Å²) in [5, 5.41) is 3.99. The summed E-state index contributed by atoms with van der Waals surface area (Å²) in [6.45, 7) is 0.797. The lowest BCUT2D eigenvalue weighted by atomic mass is 9.94. The molecular formula is C15H14FNOS. The van der Waals surface area contributed by atoms with Crippen LogP contribution in [0.1, 0.15) is 23.6 Å². The van der Waals surface area contributed by atoms with E-state index in [0.29, 0.717) is 6.42 Å². The Bertz CT molecular complexity index is 564. The lowest BCUT2D eigenvalue weighted by Gasteiger charge is -2.41. The highest BCUT2D eigenvalue weighted by Gasteiger charge is 2.32. The van der Waals surface area contributed by atoms with E-state index >= 15 is 0 Å². The van der Waals surface area contributed by atoms with Crippen molar-refractivity contribution in [3.63, 3.8) is 0 Å². The first-order valence-corrected chi connectivity index (χ1v) is 7.24. The van der Waals surface area contributed by atoms with E-state index in [2.05, 4.69) is 0 Å². The molecule has 0 unspecified atom stereocenters. The second-order valence-electron chi connectivity index (χ2n) is 4.75. The minimum Gasteiger partial charge on any atom is -0.335 e. The summed E-state index contributed by atoms with van der Waals surface area (Å²) in [5.74, 6) is -0.0850. The fourth-order valence-corrected chi connectivity index (χ4v) is 3.06. The van der Waals surface area contributed by atoms with Crippen LogP contribution in [0.2, 0.25) is 0 Å². The third-order valence-electron chi connectivity index (χ3n) is 3.53. The molecule has 1 aromatic carbocycles. The topological polar surface area (TPSA) is 20.3 Å². The van der Waals surface area contributed by atoms with Crippen LogP contribution < -0.4 is 0 Å². The van der Waals surface area contributed by atoms with Crippen LogP contribution >= 0.6 is 11.3 Å². The lowest BCUT2D eigenvalue weighted by Crippen LogP contribution is -2.45. The van der Waals surface area contributed by atoms with E-state index in [9.17, 15) is 9.18 Å². The van der Waals surface area contributed by atoms with Crippen molar-refractivity contribution in [2.75, 3.05) is 6.54 Å². The van der Waals surface area contributed by atoms with Gasteiger partial charge in [0.25, 0.3) is 0 Å². The van der Waals surface area contributed by atoms with Crippen molar-refractivity contribution in [2.45, 2.75) is 18.9 Å². The number of carbonyl (C=O) groups is 1. The molecule has 0 bridgehead atoms. The molecule has 2 nitrogen and oxygen atoms in total. The minimum atomic E-state index is -0.237. The number of hydrogen-bond donors (Lipinski definition) is 0. The molecule has 1 amide bonds. The van der Waals surface area contributed by atoms with Crippen molar-refractivity contribution >= 4 is 17.2 Å². The van der Waals surface area contributed by atoms with Crippen molar-refractivity contribution in [3.05, 3.63) is 58.0 Å². The Morgan fingerprint density at radius 1 is 1.32 bits per heavy atom. The molecule has 1 saturated heterocycles. The maximum absolute atomic E-state index is 12.9. The number of carbonyl (C=O) groups excluding carboxylic acids is 1. The average molecular weight is 275 g/mol. The predicted octanol–water partition coefficient (Wildman–Crippen LogP) is 3.40. The number of amides is 1. The molecule has 19 heavy (non-hydrogen) atoms. The number of likely N-dealkylation sites (tertiary alicyclic amines) is 1. The zero-order chi connectivity index (χ0) is 13.2. The number of nitrogens with zero attached hydrogens (tertiary/aromatic N) is 1. The van der Waals surface area contributed by atoms with Gasteiger partial charge in [-0.2, -0.15) is 11.3 Å². The van der Waals surface area contributed by atoms with Crippen LogP contribution in [-0.2, 0) is 11.2 Å². The van der Waals surface area contributed by atoms with Gasteiger partial charge in [0.1, 0.15) is 5.82 Å². The Kier molecular flexibility index (Phi) is 3.34. The van der Waals surface area contributed by atoms with Crippen LogP contribution in [0.4, 0.5) is 4.39 Å². The highest BCUT2D eigenvalue weighted by molar-refractivity contribution is 7.07. The fraction of sp³-hybridized carbons (Fsp3) is 0.267. The molecule has 0 saturated carbocycles. The first-order valence-electron chi connectivity index (χ1n) is 6.30. The monoisotopic (exact) mass is 275 g/mol. The van der Waals surface area contributed by atoms with Gasteiger partial charge in [0.05, 0.1) is 12.5 Å². The summed E-state index contributed by atoms with van der Waals surface area (Å²) >= 11 is 1.61. The van der Waals surface area contributed by atoms with Crippen molar-refractivity contribution in [1.29, 1.82) is 0 Å². The van der Waals surface area contributed by atoms with Crippen LogP contribution in [0.5, 0.6) is 0 Å². The summed E-state index contributed by atoms with van der Waals surface area (Å²) < 4.78 is 12.9. The number of thiophene rings is 1. The quantitative estimate of drug-likeness (QED) is 0.840. The highest BCUT2D eigenvalue weighted by Crippen LogP contribution is 2.33. The van der Waals surface area contributed by atoms with Gasteiger partial charge in [0.2, 0.25) is 5.91 Å². The Hall–Kier alpha value is -1.68. The zero-order valence-corrected chi connectivity index (χ0v) is 11.2. The molecule has 2 aromatic rings. The van der Waals surface area contributed by atoms with E-state index in [-0.39, 0.29) is 17.8 Å². The van der Waals surface area contributed by atoms with Crippen molar-refractivity contribution < 1.29 is 9.18 Å². The van der Waals surface area contributed by atoms with Crippen LogP contribution in [0.25, 0.3) is 0 Å². The molecule has 1 aliphatic rings. The maximum atomic E-state index is 12.9. The third-order valence-corrected chi connectivity index (χ3v) is 4.26. The van der Waals surface area contributed by atoms with E-state index in [4.69, 9.17) is 0 Å². The minimum absolute atomic E-state index is 0.117. The van der Waals surface area contributed by atoms with Gasteiger partial charge in [0.15, 0.2) is 0 Å². The second-order valence-corrected chi connectivity index (χ2v) is 5.53. The number of benzene rings is 1. The SMILES string of the molecule is O=C(Cc1ccsc1)N1CC[C@@H]1c1ccc(F)cc1. The molecule has 98 valence electrons. The molecule has 0 N–H and O–H groups in total. The van der Waals surface area contributed by atoms with Crippen LogP contribution in [-0.4, -0.2) is 17.4 Å². The third kappa shape index (κ3) is 2.54. The summed E-state index contributed by atoms with van der Waals surface area (Å²) in [5.41, 5.74) is 2.09. The molecule has 4 heteroatoms. The molecular weight excluding hydrogens is 261 g/mol. The first-order chi connectivity index (χ1) is 9.24. The number of halogens is 1. The normalized spacial score (nSPS) is 18.2. The van der Waals surface area contributed by atoms with Crippen LogP contribution in [0.15, 0.2) is 41.1 Å². The van der Waals surface area contributed by atoms with Gasteiger partial charge < -0.3 is 4.90 Å². The molecule has 1 aliphatic heterocycles. The van der Waals surface area contributed by atoms with Crippen molar-refractivity contribution in [2.24, 2.45) is 0 Å². The van der Waals surface area contributed by atoms with E-state index < -0.39 is 0 Å². The smallest absolute Gasteiger partial charge is 0.227 e. The van der Waals surface area contributed by atoms with Crippen molar-refractivity contribution in [1.82, 2.24) is 4.90 Å². The van der Waals surface area contributed by atoms with Gasteiger partial charge in [-0.3, -0.25) is 4.79 Å². The molecule has 0 radical (unpaired) electrons.